The van der Waals surface area contributed by atoms with Crippen molar-refractivity contribution in [3.05, 3.63) is 29.1 Å². The molecule has 0 N–H and O–H groups in total. The van der Waals surface area contributed by atoms with Crippen LogP contribution in [0.25, 0.3) is 0 Å². The lowest BCUT2D eigenvalue weighted by Crippen LogP contribution is -2.46. The minimum atomic E-state index is 0.0216. The van der Waals surface area contributed by atoms with E-state index in [1.807, 2.05) is 6.07 Å². The second-order valence-electron chi connectivity index (χ2n) is 6.86. The predicted octanol–water partition coefficient (Wildman–Crippen LogP) is 5.12. The van der Waals surface area contributed by atoms with Crippen LogP contribution in [0.4, 0.5) is 10.1 Å². The summed E-state index contributed by atoms with van der Waals surface area (Å²) in [6, 6.07) is 4.13. The molecule has 1 aromatic rings. The van der Waals surface area contributed by atoms with Crippen LogP contribution < -0.4 is 4.90 Å². The van der Waals surface area contributed by atoms with E-state index in [0.29, 0.717) is 0 Å². The number of anilines is 1. The van der Waals surface area contributed by atoms with Crippen molar-refractivity contribution < 1.29 is 9.13 Å². The van der Waals surface area contributed by atoms with Gasteiger partial charge in [0.25, 0.3) is 0 Å². The molecular weight excluding hydrogens is 289 g/mol. The molecule has 3 heteroatoms. The Bertz CT molecular complexity index is 493. The second-order valence-corrected chi connectivity index (χ2v) is 6.86. The minimum Gasteiger partial charge on any atom is -0.372 e. The van der Waals surface area contributed by atoms with Gasteiger partial charge in [-0.05, 0) is 44.7 Å². The fraction of sp³-hybridized carbons (Fsp3) is 0.700. The highest BCUT2D eigenvalue weighted by atomic mass is 19.1. The first-order valence-corrected chi connectivity index (χ1v) is 9.27. The molecule has 1 fully saturated rings. The smallest absolute Gasteiger partial charge is 0.131 e. The van der Waals surface area contributed by atoms with Gasteiger partial charge in [0.1, 0.15) is 5.82 Å². The molecule has 1 aromatic carbocycles. The summed E-state index contributed by atoms with van der Waals surface area (Å²) in [6.45, 7) is 10.1. The molecule has 1 heterocycles. The number of aryl methyl sites for hydroxylation is 1. The molecule has 1 saturated heterocycles. The van der Waals surface area contributed by atoms with E-state index < -0.39 is 0 Å². The Morgan fingerprint density at radius 3 is 2.39 bits per heavy atom. The van der Waals surface area contributed by atoms with Gasteiger partial charge in [0.05, 0.1) is 12.2 Å². The molecule has 0 unspecified atom stereocenters. The number of halogens is 1. The zero-order valence-corrected chi connectivity index (χ0v) is 15.2. The van der Waals surface area contributed by atoms with E-state index >= 15 is 0 Å². The Balaban J connectivity index is 2.16. The van der Waals surface area contributed by atoms with Crippen molar-refractivity contribution in [3.8, 4) is 0 Å². The van der Waals surface area contributed by atoms with Crippen LogP contribution in [0.15, 0.2) is 12.1 Å². The van der Waals surface area contributed by atoms with Crippen LogP contribution >= 0.6 is 0 Å². The van der Waals surface area contributed by atoms with Crippen LogP contribution in [-0.2, 0) is 17.6 Å². The van der Waals surface area contributed by atoms with Crippen molar-refractivity contribution in [1.29, 1.82) is 0 Å². The molecule has 0 saturated carbocycles. The number of nitrogens with zero attached hydrogens (tertiary/aromatic N) is 1. The molecule has 0 aromatic heterocycles. The molecule has 2 atom stereocenters. The van der Waals surface area contributed by atoms with Crippen molar-refractivity contribution in [2.45, 2.75) is 78.4 Å². The molecule has 2 rings (SSSR count). The lowest BCUT2D eigenvalue weighted by Gasteiger charge is -2.38. The molecule has 130 valence electrons. The van der Waals surface area contributed by atoms with Crippen LogP contribution in [-0.4, -0.2) is 25.3 Å². The lowest BCUT2D eigenvalue weighted by atomic mass is 9.99. The Kier molecular flexibility index (Phi) is 6.88. The molecule has 0 aliphatic carbocycles. The molecule has 0 spiro atoms. The quantitative estimate of drug-likeness (QED) is 0.646. The SMILES string of the molecule is CCCCCCc1ccc(N2C[C@@H](C)O[C@@H](C)C2)c(CC)c1F. The van der Waals surface area contributed by atoms with E-state index in [1.54, 1.807) is 0 Å². The van der Waals surface area contributed by atoms with E-state index in [9.17, 15) is 4.39 Å². The fourth-order valence-corrected chi connectivity index (χ4v) is 3.60. The lowest BCUT2D eigenvalue weighted by molar-refractivity contribution is -0.00528. The average Bonchev–Trinajstić information content (AvgIpc) is 2.51. The highest BCUT2D eigenvalue weighted by molar-refractivity contribution is 5.56. The molecule has 0 amide bonds. The maximum absolute atomic E-state index is 14.9. The van der Waals surface area contributed by atoms with Crippen LogP contribution in [0, 0.1) is 5.82 Å². The predicted molar refractivity (Wildman–Crippen MR) is 95.8 cm³/mol. The molecule has 23 heavy (non-hydrogen) atoms. The second kappa shape index (κ2) is 8.68. The average molecular weight is 321 g/mol. The van der Waals surface area contributed by atoms with Gasteiger partial charge < -0.3 is 9.64 Å². The summed E-state index contributed by atoms with van der Waals surface area (Å²) in [7, 11) is 0. The first kappa shape index (κ1) is 18.3. The van der Waals surface area contributed by atoms with E-state index in [2.05, 4.69) is 38.7 Å². The molecule has 0 bridgehead atoms. The van der Waals surface area contributed by atoms with Gasteiger partial charge in [-0.1, -0.05) is 39.2 Å². The van der Waals surface area contributed by atoms with E-state index in [0.717, 1.165) is 49.2 Å². The highest BCUT2D eigenvalue weighted by Crippen LogP contribution is 2.29. The van der Waals surface area contributed by atoms with Gasteiger partial charge in [0.15, 0.2) is 0 Å². The summed E-state index contributed by atoms with van der Waals surface area (Å²) in [5.41, 5.74) is 2.82. The summed E-state index contributed by atoms with van der Waals surface area (Å²) >= 11 is 0. The van der Waals surface area contributed by atoms with Crippen LogP contribution in [0.1, 0.15) is 64.5 Å². The highest BCUT2D eigenvalue weighted by Gasteiger charge is 2.25. The van der Waals surface area contributed by atoms with Crippen molar-refractivity contribution in [3.63, 3.8) is 0 Å². The van der Waals surface area contributed by atoms with Crippen LogP contribution in [0.3, 0.4) is 0 Å². The zero-order valence-electron chi connectivity index (χ0n) is 15.2. The number of hydrogen-bond donors (Lipinski definition) is 0. The summed E-state index contributed by atoms with van der Waals surface area (Å²) in [5.74, 6) is 0.0216. The number of hydrogen-bond acceptors (Lipinski definition) is 2. The van der Waals surface area contributed by atoms with Crippen LogP contribution in [0.5, 0.6) is 0 Å². The third kappa shape index (κ3) is 4.69. The zero-order chi connectivity index (χ0) is 16.8. The number of unbranched alkanes of at least 4 members (excludes halogenated alkanes) is 3. The van der Waals surface area contributed by atoms with Crippen LogP contribution in [0.2, 0.25) is 0 Å². The Morgan fingerprint density at radius 2 is 1.78 bits per heavy atom. The van der Waals surface area contributed by atoms with Gasteiger partial charge in [0.2, 0.25) is 0 Å². The molecule has 1 aliphatic heterocycles. The first-order valence-electron chi connectivity index (χ1n) is 9.27. The number of benzene rings is 1. The van der Waals surface area contributed by atoms with Gasteiger partial charge in [-0.25, -0.2) is 4.39 Å². The number of morpholine rings is 1. The van der Waals surface area contributed by atoms with Gasteiger partial charge >= 0.3 is 0 Å². The summed E-state index contributed by atoms with van der Waals surface area (Å²) < 4.78 is 20.7. The normalized spacial score (nSPS) is 21.7. The van der Waals surface area contributed by atoms with Gasteiger partial charge in [0, 0.05) is 24.3 Å². The third-order valence-corrected chi connectivity index (χ3v) is 4.71. The standard InChI is InChI=1S/C20H32FNO/c1-5-7-8-9-10-17-11-12-19(18(6-2)20(17)21)22-13-15(3)23-16(4)14-22/h11-12,15-16H,5-10,13-14H2,1-4H3/t15-,16+. The molecule has 1 aliphatic rings. The summed E-state index contributed by atoms with van der Waals surface area (Å²) in [6.07, 6.45) is 6.72. The fourth-order valence-electron chi connectivity index (χ4n) is 3.60. The van der Waals surface area contributed by atoms with Crippen molar-refractivity contribution in [1.82, 2.24) is 0 Å². The molecule has 0 radical (unpaired) electrons. The molecular formula is C20H32FNO. The largest absolute Gasteiger partial charge is 0.372 e. The Morgan fingerprint density at radius 1 is 1.09 bits per heavy atom. The number of rotatable bonds is 7. The monoisotopic (exact) mass is 321 g/mol. The Hall–Kier alpha value is -1.09. The topological polar surface area (TPSA) is 12.5 Å². The van der Waals surface area contributed by atoms with Gasteiger partial charge in [-0.15, -0.1) is 0 Å². The number of ether oxygens (including phenoxy) is 1. The van der Waals surface area contributed by atoms with Crippen molar-refractivity contribution in [2.24, 2.45) is 0 Å². The van der Waals surface area contributed by atoms with Crippen molar-refractivity contribution in [2.75, 3.05) is 18.0 Å². The Labute approximate surface area is 141 Å². The summed E-state index contributed by atoms with van der Waals surface area (Å²) in [5, 5.41) is 0. The molecule has 2 nitrogen and oxygen atoms in total. The van der Waals surface area contributed by atoms with E-state index in [4.69, 9.17) is 4.74 Å². The maximum atomic E-state index is 14.9. The van der Waals surface area contributed by atoms with Crippen molar-refractivity contribution >= 4 is 5.69 Å². The first-order chi connectivity index (χ1) is 11.1. The third-order valence-electron chi connectivity index (χ3n) is 4.71. The van der Waals surface area contributed by atoms with E-state index in [-0.39, 0.29) is 18.0 Å². The van der Waals surface area contributed by atoms with Gasteiger partial charge in [-0.2, -0.15) is 0 Å². The summed E-state index contributed by atoms with van der Waals surface area (Å²) in [4.78, 5) is 2.29. The maximum Gasteiger partial charge on any atom is 0.131 e. The minimum absolute atomic E-state index is 0.0216. The van der Waals surface area contributed by atoms with Gasteiger partial charge in [-0.3, -0.25) is 0 Å². The van der Waals surface area contributed by atoms with E-state index in [1.165, 1.54) is 19.3 Å².